The van der Waals surface area contributed by atoms with Gasteiger partial charge in [-0.05, 0) is 12.1 Å². The van der Waals surface area contributed by atoms with E-state index in [4.69, 9.17) is 23.2 Å². The number of benzene rings is 1. The van der Waals surface area contributed by atoms with Crippen LogP contribution in [-0.4, -0.2) is 9.97 Å². The predicted molar refractivity (Wildman–Crippen MR) is 62.3 cm³/mol. The van der Waals surface area contributed by atoms with Crippen LogP contribution in [-0.2, 0) is 6.54 Å². The Morgan fingerprint density at radius 1 is 1.31 bits per heavy atom. The summed E-state index contributed by atoms with van der Waals surface area (Å²) in [6, 6.07) is 2.42. The molecule has 84 valence electrons. The number of rotatable bonds is 3. The van der Waals surface area contributed by atoms with Gasteiger partial charge in [-0.25, -0.2) is 9.37 Å². The summed E-state index contributed by atoms with van der Waals surface area (Å²) in [5, 5.41) is 3.52. The van der Waals surface area contributed by atoms with Gasteiger partial charge in [0.05, 0.1) is 34.3 Å². The first-order valence-corrected chi connectivity index (χ1v) is 5.28. The third kappa shape index (κ3) is 2.46. The monoisotopic (exact) mass is 259 g/mol. The number of halogens is 3. The molecule has 2 rings (SSSR count). The van der Waals surface area contributed by atoms with E-state index in [1.807, 2.05) is 0 Å². The lowest BCUT2D eigenvalue weighted by Crippen LogP contribution is -2.01. The maximum Gasteiger partial charge on any atom is 0.126 e. The molecule has 1 heterocycles. The molecule has 0 unspecified atom stereocenters. The molecule has 0 amide bonds. The molecule has 2 aromatic rings. The minimum atomic E-state index is -0.456. The molecule has 1 aromatic heterocycles. The highest BCUT2D eigenvalue weighted by Crippen LogP contribution is 2.31. The molecule has 0 saturated carbocycles. The molecule has 0 aliphatic rings. The Hall–Kier alpha value is -1.26. The highest BCUT2D eigenvalue weighted by atomic mass is 35.5. The van der Waals surface area contributed by atoms with Crippen molar-refractivity contribution >= 4 is 28.9 Å². The van der Waals surface area contributed by atoms with Gasteiger partial charge in [-0.15, -0.1) is 0 Å². The van der Waals surface area contributed by atoms with Gasteiger partial charge in [0, 0.05) is 6.20 Å². The third-order valence-corrected chi connectivity index (χ3v) is 2.61. The summed E-state index contributed by atoms with van der Waals surface area (Å²) in [6.07, 6.45) is 3.25. The maximum absolute atomic E-state index is 12.9. The zero-order valence-corrected chi connectivity index (χ0v) is 9.61. The summed E-state index contributed by atoms with van der Waals surface area (Å²) < 4.78 is 12.9. The summed E-state index contributed by atoms with van der Waals surface area (Å²) in [6.45, 7) is 0.491. The normalized spacial score (nSPS) is 10.4. The van der Waals surface area contributed by atoms with Crippen molar-refractivity contribution in [2.24, 2.45) is 0 Å². The summed E-state index contributed by atoms with van der Waals surface area (Å²) in [5.41, 5.74) is 1.40. The second-order valence-corrected chi connectivity index (χ2v) is 3.99. The number of nitrogens with zero attached hydrogens (tertiary/aromatic N) is 1. The minimum absolute atomic E-state index is 0.254. The molecule has 6 heteroatoms. The lowest BCUT2D eigenvalue weighted by molar-refractivity contribution is 0.628. The standard InChI is InChI=1S/C10H8Cl2FN3/c11-8-1-6(13)2-9(12)10(8)15-4-7-3-14-5-16-7/h1-3,5,15H,4H2,(H,14,16). The molecule has 0 saturated heterocycles. The molecule has 0 atom stereocenters. The Balaban J connectivity index is 2.15. The van der Waals surface area contributed by atoms with Crippen LogP contribution in [0.2, 0.25) is 10.0 Å². The van der Waals surface area contributed by atoms with Crippen molar-refractivity contribution in [2.45, 2.75) is 6.54 Å². The van der Waals surface area contributed by atoms with Crippen LogP contribution in [0.1, 0.15) is 5.69 Å². The van der Waals surface area contributed by atoms with Gasteiger partial charge in [0.15, 0.2) is 0 Å². The number of imidazole rings is 1. The molecular formula is C10H8Cl2FN3. The number of H-pyrrole nitrogens is 1. The molecule has 0 radical (unpaired) electrons. The third-order valence-electron chi connectivity index (χ3n) is 2.02. The first kappa shape index (κ1) is 11.2. The Morgan fingerprint density at radius 2 is 2.00 bits per heavy atom. The average molecular weight is 260 g/mol. The van der Waals surface area contributed by atoms with Crippen molar-refractivity contribution in [1.29, 1.82) is 0 Å². The second-order valence-electron chi connectivity index (χ2n) is 3.17. The van der Waals surface area contributed by atoms with E-state index >= 15 is 0 Å². The van der Waals surface area contributed by atoms with E-state index in [1.54, 1.807) is 12.5 Å². The van der Waals surface area contributed by atoms with Crippen LogP contribution in [0.15, 0.2) is 24.7 Å². The van der Waals surface area contributed by atoms with E-state index in [0.717, 1.165) is 5.69 Å². The van der Waals surface area contributed by atoms with Gasteiger partial charge in [-0.3, -0.25) is 0 Å². The van der Waals surface area contributed by atoms with Crippen LogP contribution in [0.3, 0.4) is 0 Å². The fourth-order valence-corrected chi connectivity index (χ4v) is 1.87. The molecule has 0 aliphatic heterocycles. The van der Waals surface area contributed by atoms with Crippen LogP contribution in [0.5, 0.6) is 0 Å². The molecular weight excluding hydrogens is 252 g/mol. The van der Waals surface area contributed by atoms with Crippen LogP contribution < -0.4 is 5.32 Å². The molecule has 0 aliphatic carbocycles. The number of anilines is 1. The lowest BCUT2D eigenvalue weighted by atomic mass is 10.3. The summed E-state index contributed by atoms with van der Waals surface area (Å²) >= 11 is 11.7. The average Bonchev–Trinajstić information content (AvgIpc) is 2.68. The van der Waals surface area contributed by atoms with Gasteiger partial charge in [0.25, 0.3) is 0 Å². The summed E-state index contributed by atoms with van der Waals surface area (Å²) in [4.78, 5) is 6.80. The highest BCUT2D eigenvalue weighted by Gasteiger charge is 2.08. The molecule has 1 aromatic carbocycles. The van der Waals surface area contributed by atoms with E-state index in [0.29, 0.717) is 12.2 Å². The zero-order chi connectivity index (χ0) is 11.5. The van der Waals surface area contributed by atoms with Crippen molar-refractivity contribution in [1.82, 2.24) is 9.97 Å². The van der Waals surface area contributed by atoms with Gasteiger partial charge in [-0.2, -0.15) is 0 Å². The highest BCUT2D eigenvalue weighted by molar-refractivity contribution is 6.39. The van der Waals surface area contributed by atoms with Crippen LogP contribution >= 0.6 is 23.2 Å². The van der Waals surface area contributed by atoms with E-state index in [-0.39, 0.29) is 10.0 Å². The van der Waals surface area contributed by atoms with Crippen molar-refractivity contribution in [2.75, 3.05) is 5.32 Å². The molecule has 3 nitrogen and oxygen atoms in total. The molecule has 0 fully saturated rings. The molecule has 16 heavy (non-hydrogen) atoms. The van der Waals surface area contributed by atoms with Gasteiger partial charge in [0.2, 0.25) is 0 Å². The van der Waals surface area contributed by atoms with Crippen LogP contribution in [0.4, 0.5) is 10.1 Å². The zero-order valence-electron chi connectivity index (χ0n) is 8.10. The minimum Gasteiger partial charge on any atom is -0.377 e. The van der Waals surface area contributed by atoms with Crippen molar-refractivity contribution in [3.63, 3.8) is 0 Å². The topological polar surface area (TPSA) is 40.7 Å². The fraction of sp³-hybridized carbons (Fsp3) is 0.100. The SMILES string of the molecule is Fc1cc(Cl)c(NCc2cnc[nH]2)c(Cl)c1. The van der Waals surface area contributed by atoms with Crippen LogP contribution in [0.25, 0.3) is 0 Å². The predicted octanol–water partition coefficient (Wildman–Crippen LogP) is 3.47. The maximum atomic E-state index is 12.9. The molecule has 0 bridgehead atoms. The molecule has 2 N–H and O–H groups in total. The number of nitrogens with one attached hydrogen (secondary N) is 2. The van der Waals surface area contributed by atoms with Crippen molar-refractivity contribution < 1.29 is 4.39 Å². The Labute approximate surface area is 102 Å². The van der Waals surface area contributed by atoms with E-state index in [1.165, 1.54) is 12.1 Å². The summed E-state index contributed by atoms with van der Waals surface area (Å²) in [7, 11) is 0. The molecule has 0 spiro atoms. The Bertz CT molecular complexity index is 462. The fourth-order valence-electron chi connectivity index (χ4n) is 1.28. The number of aromatic amines is 1. The second kappa shape index (κ2) is 4.72. The van der Waals surface area contributed by atoms with Crippen molar-refractivity contribution in [3.8, 4) is 0 Å². The van der Waals surface area contributed by atoms with Gasteiger partial charge < -0.3 is 10.3 Å². The Kier molecular flexibility index (Phi) is 3.31. The number of hydrogen-bond acceptors (Lipinski definition) is 2. The van der Waals surface area contributed by atoms with E-state index in [9.17, 15) is 4.39 Å². The first-order chi connectivity index (χ1) is 7.66. The van der Waals surface area contributed by atoms with Gasteiger partial charge >= 0.3 is 0 Å². The van der Waals surface area contributed by atoms with E-state index < -0.39 is 5.82 Å². The smallest absolute Gasteiger partial charge is 0.126 e. The van der Waals surface area contributed by atoms with Crippen molar-refractivity contribution in [3.05, 3.63) is 46.2 Å². The lowest BCUT2D eigenvalue weighted by Gasteiger charge is -2.09. The van der Waals surface area contributed by atoms with E-state index in [2.05, 4.69) is 15.3 Å². The first-order valence-electron chi connectivity index (χ1n) is 4.52. The Morgan fingerprint density at radius 3 is 2.56 bits per heavy atom. The summed E-state index contributed by atoms with van der Waals surface area (Å²) in [5.74, 6) is -0.456. The number of aromatic nitrogens is 2. The number of hydrogen-bond donors (Lipinski definition) is 2. The van der Waals surface area contributed by atoms with Crippen LogP contribution in [0, 0.1) is 5.82 Å². The largest absolute Gasteiger partial charge is 0.377 e. The quantitative estimate of drug-likeness (QED) is 0.887. The van der Waals surface area contributed by atoms with Gasteiger partial charge in [-0.1, -0.05) is 23.2 Å². The van der Waals surface area contributed by atoms with Gasteiger partial charge in [0.1, 0.15) is 5.82 Å².